The van der Waals surface area contributed by atoms with Gasteiger partial charge in [-0.3, -0.25) is 9.48 Å². The van der Waals surface area contributed by atoms with Crippen LogP contribution in [0.25, 0.3) is 0 Å². The molecule has 1 atom stereocenters. The smallest absolute Gasteiger partial charge is 0.436 e. The van der Waals surface area contributed by atoms with Crippen molar-refractivity contribution in [3.63, 3.8) is 0 Å². The lowest BCUT2D eigenvalue weighted by molar-refractivity contribution is -0.141. The summed E-state index contributed by atoms with van der Waals surface area (Å²) < 4.78 is 37.1. The van der Waals surface area contributed by atoms with E-state index >= 15 is 0 Å². The Balaban J connectivity index is 0.000000170. The molecule has 0 aromatic carbocycles. The third kappa shape index (κ3) is 3.43. The van der Waals surface area contributed by atoms with E-state index in [1.54, 1.807) is 0 Å². The van der Waals surface area contributed by atoms with Crippen molar-refractivity contribution in [3.05, 3.63) is 17.5 Å². The molecule has 0 spiro atoms. The van der Waals surface area contributed by atoms with E-state index < -0.39 is 23.4 Å². The number of halogens is 3. The number of hydrogen-bond acceptors (Lipinski definition) is 3. The highest BCUT2D eigenvalue weighted by Crippen LogP contribution is 2.58. The number of aromatic nitrogens is 2. The van der Waals surface area contributed by atoms with Crippen LogP contribution in [-0.4, -0.2) is 26.6 Å². The summed E-state index contributed by atoms with van der Waals surface area (Å²) in [5.41, 5.74) is -1.73. The Morgan fingerprint density at radius 3 is 2.24 bits per heavy atom. The van der Waals surface area contributed by atoms with E-state index in [0.29, 0.717) is 17.1 Å². The quantitative estimate of drug-likeness (QED) is 0.911. The zero-order valence-corrected chi connectivity index (χ0v) is 11.6. The predicted octanol–water partition coefficient (Wildman–Crippen LogP) is 2.51. The lowest BCUT2D eigenvalue weighted by atomic mass is 10.0. The Bertz CT molecular complexity index is 588. The summed E-state index contributed by atoms with van der Waals surface area (Å²) >= 11 is 0. The molecular formula is C13H15F3N2O3. The Labute approximate surface area is 118 Å². The van der Waals surface area contributed by atoms with Gasteiger partial charge in [-0.15, -0.1) is 0 Å². The molecule has 0 aliphatic heterocycles. The second-order valence-corrected chi connectivity index (χ2v) is 5.75. The third-order valence-corrected chi connectivity index (χ3v) is 3.84. The summed E-state index contributed by atoms with van der Waals surface area (Å²) in [6, 6.07) is 0. The minimum absolute atomic E-state index is 0.483. The maximum Gasteiger partial charge on any atom is 0.436 e. The van der Waals surface area contributed by atoms with Crippen LogP contribution in [0.5, 0.6) is 0 Å². The number of alkyl halides is 3. The molecule has 0 amide bonds. The van der Waals surface area contributed by atoms with Gasteiger partial charge >= 0.3 is 12.1 Å². The molecule has 1 N–H and O–H groups in total. The van der Waals surface area contributed by atoms with Crippen molar-refractivity contribution in [3.8, 4) is 0 Å². The average molecular weight is 304 g/mol. The summed E-state index contributed by atoms with van der Waals surface area (Å²) in [7, 11) is 1.22. The molecule has 2 aliphatic carbocycles. The van der Waals surface area contributed by atoms with Crippen LogP contribution in [0.2, 0.25) is 0 Å². The second kappa shape index (κ2) is 4.85. The highest BCUT2D eigenvalue weighted by atomic mass is 19.4. The van der Waals surface area contributed by atoms with Crippen LogP contribution in [0.15, 0.2) is 6.20 Å². The molecule has 1 heterocycles. The molecule has 1 aromatic rings. The van der Waals surface area contributed by atoms with Crippen molar-refractivity contribution in [2.75, 3.05) is 0 Å². The summed E-state index contributed by atoms with van der Waals surface area (Å²) in [5.74, 6) is -0.645. The molecule has 116 valence electrons. The fourth-order valence-corrected chi connectivity index (χ4v) is 2.18. The van der Waals surface area contributed by atoms with E-state index in [0.717, 1.165) is 17.3 Å². The van der Waals surface area contributed by atoms with Crippen LogP contribution < -0.4 is 0 Å². The number of nitrogens with zero attached hydrogens (tertiary/aromatic N) is 2. The van der Waals surface area contributed by atoms with Crippen LogP contribution in [0.3, 0.4) is 0 Å². The number of carboxylic acids is 1. The van der Waals surface area contributed by atoms with E-state index in [-0.39, 0.29) is 0 Å². The van der Waals surface area contributed by atoms with Gasteiger partial charge in [-0.25, -0.2) is 4.79 Å². The molecule has 0 radical (unpaired) electrons. The average Bonchev–Trinajstić information content (AvgIpc) is 3.21. The number of carbonyl (C=O) groups is 2. The van der Waals surface area contributed by atoms with Crippen molar-refractivity contribution in [2.45, 2.75) is 32.4 Å². The molecule has 2 fully saturated rings. The largest absolute Gasteiger partial charge is 0.478 e. The van der Waals surface area contributed by atoms with Gasteiger partial charge < -0.3 is 5.11 Å². The number of ketones is 1. The van der Waals surface area contributed by atoms with E-state index in [1.165, 1.54) is 19.9 Å². The number of Topliss-reactive ketones (excluding diaryl/α,β-unsaturated/α-hetero) is 1. The van der Waals surface area contributed by atoms with Crippen LogP contribution in [0.1, 0.15) is 42.2 Å². The molecule has 2 saturated carbocycles. The van der Waals surface area contributed by atoms with Gasteiger partial charge in [0.15, 0.2) is 5.69 Å². The van der Waals surface area contributed by atoms with Gasteiger partial charge in [0.05, 0.1) is 0 Å². The molecule has 0 saturated heterocycles. The van der Waals surface area contributed by atoms with Crippen molar-refractivity contribution >= 4 is 11.8 Å². The number of rotatable bonds is 2. The lowest BCUT2D eigenvalue weighted by Gasteiger charge is -2.02. The minimum Gasteiger partial charge on any atom is -0.478 e. The summed E-state index contributed by atoms with van der Waals surface area (Å²) in [5, 5.41) is 11.4. The zero-order valence-electron chi connectivity index (χ0n) is 11.6. The van der Waals surface area contributed by atoms with Crippen LogP contribution in [0.4, 0.5) is 13.2 Å². The highest BCUT2D eigenvalue weighted by Gasteiger charge is 2.55. The van der Waals surface area contributed by atoms with E-state index in [9.17, 15) is 22.8 Å². The molecule has 21 heavy (non-hydrogen) atoms. The van der Waals surface area contributed by atoms with Gasteiger partial charge in [-0.1, -0.05) is 6.92 Å². The maximum absolute atomic E-state index is 12.1. The standard InChI is InChI=1S/C7H10O.C6H5F3N2O2/c1-7(2-3-7)5-4-6(5)8;1-11-2-3(5(12)13)4(10-11)6(7,8)9/h5H,2-4H2,1H3;2H,1H3,(H,12,13). The normalized spacial score (nSPS) is 22.3. The first-order chi connectivity index (χ1) is 9.54. The third-order valence-electron chi connectivity index (χ3n) is 3.84. The van der Waals surface area contributed by atoms with Gasteiger partial charge in [0, 0.05) is 25.6 Å². The van der Waals surface area contributed by atoms with Crippen molar-refractivity contribution in [1.82, 2.24) is 9.78 Å². The highest BCUT2D eigenvalue weighted by molar-refractivity contribution is 5.97. The van der Waals surface area contributed by atoms with E-state index in [4.69, 9.17) is 5.11 Å². The molecule has 3 rings (SSSR count). The Kier molecular flexibility index (Phi) is 3.59. The van der Waals surface area contributed by atoms with Crippen LogP contribution in [0, 0.1) is 11.3 Å². The van der Waals surface area contributed by atoms with Crippen molar-refractivity contribution in [1.29, 1.82) is 0 Å². The lowest BCUT2D eigenvalue weighted by Crippen LogP contribution is -2.12. The van der Waals surface area contributed by atoms with Gasteiger partial charge in [0.25, 0.3) is 0 Å². The van der Waals surface area contributed by atoms with E-state index in [1.807, 2.05) is 0 Å². The summed E-state index contributed by atoms with van der Waals surface area (Å²) in [6.45, 7) is 2.22. The first kappa shape index (κ1) is 15.5. The molecule has 1 unspecified atom stereocenters. The second-order valence-electron chi connectivity index (χ2n) is 5.75. The Morgan fingerprint density at radius 1 is 1.48 bits per heavy atom. The molecule has 8 heteroatoms. The maximum atomic E-state index is 12.1. The number of carbonyl (C=O) groups excluding carboxylic acids is 1. The monoisotopic (exact) mass is 304 g/mol. The first-order valence-corrected chi connectivity index (χ1v) is 6.41. The molecule has 1 aromatic heterocycles. The van der Waals surface area contributed by atoms with Gasteiger partial charge in [-0.05, 0) is 18.3 Å². The SMILES string of the molecule is CC1(C2CC2=O)CC1.Cn1cc(C(=O)O)c(C(F)(F)F)n1. The Morgan fingerprint density at radius 2 is 2.00 bits per heavy atom. The molecular weight excluding hydrogens is 289 g/mol. The first-order valence-electron chi connectivity index (χ1n) is 6.41. The molecule has 2 aliphatic rings. The number of hydrogen-bond donors (Lipinski definition) is 1. The fraction of sp³-hybridized carbons (Fsp3) is 0.615. The number of carboxylic acid groups (broad SMARTS) is 1. The molecule has 5 nitrogen and oxygen atoms in total. The number of aryl methyl sites for hydroxylation is 1. The molecule has 0 bridgehead atoms. The topological polar surface area (TPSA) is 72.2 Å². The van der Waals surface area contributed by atoms with Gasteiger partial charge in [0.2, 0.25) is 0 Å². The minimum atomic E-state index is -4.73. The van der Waals surface area contributed by atoms with Crippen LogP contribution >= 0.6 is 0 Å². The van der Waals surface area contributed by atoms with Gasteiger partial charge in [-0.2, -0.15) is 18.3 Å². The zero-order chi connectivity index (χ0) is 16.0. The van der Waals surface area contributed by atoms with E-state index in [2.05, 4.69) is 12.0 Å². The fourth-order valence-electron chi connectivity index (χ4n) is 2.18. The predicted molar refractivity (Wildman–Crippen MR) is 65.6 cm³/mol. The van der Waals surface area contributed by atoms with Gasteiger partial charge in [0.1, 0.15) is 11.3 Å². The van der Waals surface area contributed by atoms with Crippen LogP contribution in [-0.2, 0) is 18.0 Å². The summed E-state index contributed by atoms with van der Waals surface area (Å²) in [4.78, 5) is 20.9. The van der Waals surface area contributed by atoms with Crippen molar-refractivity contribution < 1.29 is 27.9 Å². The number of aromatic carboxylic acids is 1. The summed E-state index contributed by atoms with van der Waals surface area (Å²) in [6.07, 6.45) is -0.441. The Hall–Kier alpha value is -1.86. The van der Waals surface area contributed by atoms with Crippen molar-refractivity contribution in [2.24, 2.45) is 18.4 Å².